The molecule has 2 aromatic carbocycles. The second kappa shape index (κ2) is 4.53. The highest BCUT2D eigenvalue weighted by Gasteiger charge is 2.04. The van der Waals surface area contributed by atoms with Crippen molar-refractivity contribution in [2.24, 2.45) is 0 Å². The number of halogens is 1. The Balaban J connectivity index is 2.08. The Morgan fingerprint density at radius 1 is 1.00 bits per heavy atom. The molecule has 1 nitrogen and oxygen atoms in total. The second-order valence-electron chi connectivity index (χ2n) is 4.17. The third-order valence-corrected chi connectivity index (χ3v) is 3.57. The largest absolute Gasteiger partial charge is 0.361 e. The molecule has 0 saturated heterocycles. The smallest absolute Gasteiger partial charge is 0.0490 e. The fourth-order valence-corrected chi connectivity index (χ4v) is 2.88. The summed E-state index contributed by atoms with van der Waals surface area (Å²) in [4.78, 5) is 3.33. The summed E-state index contributed by atoms with van der Waals surface area (Å²) >= 11 is 2.38. The van der Waals surface area contributed by atoms with Gasteiger partial charge in [-0.2, -0.15) is 0 Å². The van der Waals surface area contributed by atoms with Crippen molar-refractivity contribution in [3.05, 3.63) is 69.4 Å². The van der Waals surface area contributed by atoms with Crippen LogP contribution >= 0.6 is 22.6 Å². The van der Waals surface area contributed by atoms with Crippen LogP contribution in [0, 0.1) is 3.57 Å². The molecule has 1 aromatic heterocycles. The van der Waals surface area contributed by atoms with Gasteiger partial charge in [0.1, 0.15) is 0 Å². The van der Waals surface area contributed by atoms with Crippen LogP contribution in [0.25, 0.3) is 10.9 Å². The van der Waals surface area contributed by atoms with Gasteiger partial charge in [-0.05, 0) is 58.3 Å². The van der Waals surface area contributed by atoms with Crippen molar-refractivity contribution < 1.29 is 0 Å². The number of benzene rings is 2. The normalized spacial score (nSPS) is 10.9. The Morgan fingerprint density at radius 3 is 2.65 bits per heavy atom. The number of hydrogen-bond donors (Lipinski definition) is 1. The molecule has 0 aliphatic heterocycles. The molecule has 0 aliphatic rings. The standard InChI is InChI=1S/C15H12IN/c16-14-9-12-6-7-17-15(12)13(10-14)8-11-4-2-1-3-5-11/h1-7,9-10,17H,8H2. The van der Waals surface area contributed by atoms with Crippen LogP contribution in [-0.4, -0.2) is 4.98 Å². The van der Waals surface area contributed by atoms with Gasteiger partial charge in [-0.15, -0.1) is 0 Å². The Morgan fingerprint density at radius 2 is 1.82 bits per heavy atom. The van der Waals surface area contributed by atoms with Gasteiger partial charge in [0.15, 0.2) is 0 Å². The molecule has 0 radical (unpaired) electrons. The lowest BCUT2D eigenvalue weighted by Gasteiger charge is -2.05. The molecule has 0 atom stereocenters. The molecule has 0 amide bonds. The van der Waals surface area contributed by atoms with E-state index in [9.17, 15) is 0 Å². The summed E-state index contributed by atoms with van der Waals surface area (Å²) in [6.07, 6.45) is 2.99. The van der Waals surface area contributed by atoms with Gasteiger partial charge in [-0.1, -0.05) is 30.3 Å². The zero-order valence-corrected chi connectivity index (χ0v) is 11.4. The highest BCUT2D eigenvalue weighted by atomic mass is 127. The van der Waals surface area contributed by atoms with Gasteiger partial charge in [-0.25, -0.2) is 0 Å². The molecule has 0 bridgehead atoms. The SMILES string of the molecule is Ic1cc(Cc2ccccc2)c2[nH]ccc2c1. The minimum Gasteiger partial charge on any atom is -0.361 e. The number of rotatable bonds is 2. The zero-order chi connectivity index (χ0) is 11.7. The molecule has 0 saturated carbocycles. The van der Waals surface area contributed by atoms with Gasteiger partial charge in [0.25, 0.3) is 0 Å². The van der Waals surface area contributed by atoms with E-state index in [1.165, 1.54) is 25.6 Å². The summed E-state index contributed by atoms with van der Waals surface area (Å²) < 4.78 is 1.29. The number of H-pyrrole nitrogens is 1. The predicted octanol–water partition coefficient (Wildman–Crippen LogP) is 4.36. The summed E-state index contributed by atoms with van der Waals surface area (Å²) in [5.74, 6) is 0. The van der Waals surface area contributed by atoms with Gasteiger partial charge < -0.3 is 4.98 Å². The Kier molecular flexibility index (Phi) is 2.89. The van der Waals surface area contributed by atoms with E-state index >= 15 is 0 Å². The Labute approximate surface area is 114 Å². The molecule has 0 spiro atoms. The first-order valence-corrected chi connectivity index (χ1v) is 6.70. The molecule has 0 fully saturated rings. The van der Waals surface area contributed by atoms with Crippen LogP contribution in [-0.2, 0) is 6.42 Å². The third kappa shape index (κ3) is 2.22. The predicted molar refractivity (Wildman–Crippen MR) is 80.3 cm³/mol. The fourth-order valence-electron chi connectivity index (χ4n) is 2.16. The van der Waals surface area contributed by atoms with E-state index in [0.29, 0.717) is 0 Å². The molecular formula is C15H12IN. The first-order chi connectivity index (χ1) is 8.33. The lowest BCUT2D eigenvalue weighted by atomic mass is 10.0. The van der Waals surface area contributed by atoms with Crippen LogP contribution in [0.15, 0.2) is 54.7 Å². The van der Waals surface area contributed by atoms with Crippen molar-refractivity contribution in [3.63, 3.8) is 0 Å². The van der Waals surface area contributed by atoms with Crippen LogP contribution in [0.1, 0.15) is 11.1 Å². The summed E-state index contributed by atoms with van der Waals surface area (Å²) in [7, 11) is 0. The maximum atomic E-state index is 3.33. The fraction of sp³-hybridized carbons (Fsp3) is 0.0667. The molecule has 1 N–H and O–H groups in total. The number of fused-ring (bicyclic) bond motifs is 1. The molecule has 84 valence electrons. The lowest BCUT2D eigenvalue weighted by Crippen LogP contribution is -1.90. The van der Waals surface area contributed by atoms with Crippen LogP contribution in [0.5, 0.6) is 0 Å². The summed E-state index contributed by atoms with van der Waals surface area (Å²) in [6.45, 7) is 0. The van der Waals surface area contributed by atoms with E-state index in [1.807, 2.05) is 6.20 Å². The van der Waals surface area contributed by atoms with E-state index in [4.69, 9.17) is 0 Å². The maximum Gasteiger partial charge on any atom is 0.0490 e. The minimum atomic E-state index is 0.981. The third-order valence-electron chi connectivity index (χ3n) is 2.94. The van der Waals surface area contributed by atoms with Gasteiger partial charge in [-0.3, -0.25) is 0 Å². The highest BCUT2D eigenvalue weighted by molar-refractivity contribution is 14.1. The van der Waals surface area contributed by atoms with Crippen molar-refractivity contribution >= 4 is 33.5 Å². The van der Waals surface area contributed by atoms with Gasteiger partial charge in [0, 0.05) is 20.7 Å². The van der Waals surface area contributed by atoms with Gasteiger partial charge >= 0.3 is 0 Å². The molecule has 17 heavy (non-hydrogen) atoms. The average Bonchev–Trinajstić information content (AvgIpc) is 2.78. The van der Waals surface area contributed by atoms with Crippen molar-refractivity contribution in [2.45, 2.75) is 6.42 Å². The number of nitrogens with one attached hydrogen (secondary N) is 1. The highest BCUT2D eigenvalue weighted by Crippen LogP contribution is 2.23. The van der Waals surface area contributed by atoms with E-state index in [-0.39, 0.29) is 0 Å². The molecule has 0 unspecified atom stereocenters. The summed E-state index contributed by atoms with van der Waals surface area (Å²) in [5, 5.41) is 1.29. The van der Waals surface area contributed by atoms with Crippen molar-refractivity contribution in [1.82, 2.24) is 4.98 Å². The average molecular weight is 333 g/mol. The van der Waals surface area contributed by atoms with Gasteiger partial charge in [0.2, 0.25) is 0 Å². The Bertz CT molecular complexity index is 640. The minimum absolute atomic E-state index is 0.981. The molecule has 1 heterocycles. The van der Waals surface area contributed by atoms with E-state index < -0.39 is 0 Å². The molecule has 3 aromatic rings. The van der Waals surface area contributed by atoms with Crippen LogP contribution in [0.2, 0.25) is 0 Å². The quantitative estimate of drug-likeness (QED) is 0.671. The molecule has 3 rings (SSSR count). The number of hydrogen-bond acceptors (Lipinski definition) is 0. The van der Waals surface area contributed by atoms with Crippen molar-refractivity contribution in [1.29, 1.82) is 0 Å². The van der Waals surface area contributed by atoms with E-state index in [0.717, 1.165) is 6.42 Å². The zero-order valence-electron chi connectivity index (χ0n) is 9.28. The Hall–Kier alpha value is -1.29. The van der Waals surface area contributed by atoms with Crippen LogP contribution < -0.4 is 0 Å². The van der Waals surface area contributed by atoms with E-state index in [1.54, 1.807) is 0 Å². The van der Waals surface area contributed by atoms with Crippen LogP contribution in [0.3, 0.4) is 0 Å². The van der Waals surface area contributed by atoms with Crippen molar-refractivity contribution in [2.75, 3.05) is 0 Å². The number of aromatic amines is 1. The molecule has 2 heteroatoms. The summed E-state index contributed by atoms with van der Waals surface area (Å²) in [5.41, 5.74) is 3.97. The van der Waals surface area contributed by atoms with Crippen LogP contribution in [0.4, 0.5) is 0 Å². The molecule has 0 aliphatic carbocycles. The van der Waals surface area contributed by atoms with Crippen molar-refractivity contribution in [3.8, 4) is 0 Å². The van der Waals surface area contributed by atoms with E-state index in [2.05, 4.69) is 76.1 Å². The first-order valence-electron chi connectivity index (χ1n) is 5.62. The van der Waals surface area contributed by atoms with Gasteiger partial charge in [0.05, 0.1) is 0 Å². The maximum absolute atomic E-state index is 3.33. The molecular weight excluding hydrogens is 321 g/mol. The lowest BCUT2D eigenvalue weighted by molar-refractivity contribution is 1.20. The number of aromatic nitrogens is 1. The summed E-state index contributed by atoms with van der Waals surface area (Å²) in [6, 6.07) is 17.2. The topological polar surface area (TPSA) is 15.8 Å². The first kappa shape index (κ1) is 10.8. The monoisotopic (exact) mass is 333 g/mol. The second-order valence-corrected chi connectivity index (χ2v) is 5.41.